The quantitative estimate of drug-likeness (QED) is 0.0870. The molecule has 3 unspecified atom stereocenters. The van der Waals surface area contributed by atoms with Crippen molar-refractivity contribution < 1.29 is 23.4 Å². The van der Waals surface area contributed by atoms with Crippen LogP contribution in [-0.2, 0) is 29.9 Å². The van der Waals surface area contributed by atoms with E-state index in [4.69, 9.17) is 18.6 Å². The Labute approximate surface area is 281 Å². The SMILES string of the molecule is C=C1C[C@H](/C=C/C=O)OC1CC[C@H]1C[C@@H](C)C(=C)C(C[C@@H]2O[C@H](C[C@H](C)CO[Si](C)(C)C(C)(C)C)[C@H](C)C2Cc2ccccc2)O1. The van der Waals surface area contributed by atoms with Crippen molar-refractivity contribution in [1.82, 2.24) is 0 Å². The first-order chi connectivity index (χ1) is 21.7. The summed E-state index contributed by atoms with van der Waals surface area (Å²) >= 11 is 0. The van der Waals surface area contributed by atoms with Crippen molar-refractivity contribution in [3.63, 3.8) is 0 Å². The zero-order valence-electron chi connectivity index (χ0n) is 30.0. The average Bonchev–Trinajstić information content (AvgIpc) is 3.49. The molecule has 0 aromatic heterocycles. The Morgan fingerprint density at radius 2 is 1.74 bits per heavy atom. The van der Waals surface area contributed by atoms with Gasteiger partial charge >= 0.3 is 0 Å². The second-order valence-corrected chi connectivity index (χ2v) is 21.0. The molecule has 10 atom stereocenters. The van der Waals surface area contributed by atoms with Gasteiger partial charge in [-0.05, 0) is 96.7 Å². The van der Waals surface area contributed by atoms with Gasteiger partial charge in [0.15, 0.2) is 8.32 Å². The van der Waals surface area contributed by atoms with Crippen LogP contribution in [0.15, 0.2) is 66.8 Å². The lowest BCUT2D eigenvalue weighted by Crippen LogP contribution is -2.42. The summed E-state index contributed by atoms with van der Waals surface area (Å²) in [5.74, 6) is 1.69. The molecular weight excluding hydrogens is 589 g/mol. The molecule has 3 heterocycles. The molecule has 6 heteroatoms. The van der Waals surface area contributed by atoms with Gasteiger partial charge in [-0.3, -0.25) is 4.79 Å². The van der Waals surface area contributed by atoms with Gasteiger partial charge < -0.3 is 18.6 Å². The largest absolute Gasteiger partial charge is 0.417 e. The van der Waals surface area contributed by atoms with Crippen molar-refractivity contribution in [2.75, 3.05) is 6.61 Å². The molecule has 4 rings (SSSR count). The lowest BCUT2D eigenvalue weighted by atomic mass is 9.78. The molecule has 1 aromatic carbocycles. The highest BCUT2D eigenvalue weighted by Gasteiger charge is 2.45. The highest BCUT2D eigenvalue weighted by atomic mass is 28.4. The maximum atomic E-state index is 10.8. The van der Waals surface area contributed by atoms with E-state index in [0.717, 1.165) is 63.4 Å². The predicted molar refractivity (Wildman–Crippen MR) is 191 cm³/mol. The molecule has 0 spiro atoms. The Morgan fingerprint density at radius 1 is 1.02 bits per heavy atom. The van der Waals surface area contributed by atoms with Crippen LogP contribution < -0.4 is 0 Å². The Kier molecular flexibility index (Phi) is 12.9. The highest BCUT2D eigenvalue weighted by Crippen LogP contribution is 2.43. The summed E-state index contributed by atoms with van der Waals surface area (Å²) in [4.78, 5) is 10.8. The van der Waals surface area contributed by atoms with E-state index in [0.29, 0.717) is 23.7 Å². The van der Waals surface area contributed by atoms with Crippen LogP contribution in [0.25, 0.3) is 0 Å². The van der Waals surface area contributed by atoms with Crippen LogP contribution in [0.1, 0.15) is 85.6 Å². The van der Waals surface area contributed by atoms with Gasteiger partial charge in [-0.2, -0.15) is 0 Å². The van der Waals surface area contributed by atoms with Gasteiger partial charge in [-0.1, -0.05) is 91.1 Å². The number of carbonyl (C=O) groups excluding carboxylic acids is 1. The van der Waals surface area contributed by atoms with Gasteiger partial charge in [-0.25, -0.2) is 0 Å². The number of allylic oxidation sites excluding steroid dienone is 1. The second-order valence-electron chi connectivity index (χ2n) is 16.2. The molecular formula is C40H62O5Si. The maximum absolute atomic E-state index is 10.8. The molecule has 3 aliphatic heterocycles. The first-order valence-electron chi connectivity index (χ1n) is 17.8. The smallest absolute Gasteiger partial charge is 0.191 e. The number of aldehydes is 1. The van der Waals surface area contributed by atoms with Crippen molar-refractivity contribution in [3.8, 4) is 0 Å². The Balaban J connectivity index is 1.40. The van der Waals surface area contributed by atoms with Crippen LogP contribution in [-0.4, -0.2) is 57.8 Å². The van der Waals surface area contributed by atoms with E-state index in [-0.39, 0.29) is 41.7 Å². The van der Waals surface area contributed by atoms with E-state index in [1.54, 1.807) is 0 Å². The molecule has 1 aromatic rings. The van der Waals surface area contributed by atoms with E-state index >= 15 is 0 Å². The van der Waals surface area contributed by atoms with Crippen LogP contribution >= 0.6 is 0 Å². The molecule has 46 heavy (non-hydrogen) atoms. The van der Waals surface area contributed by atoms with Crippen LogP contribution in [0.2, 0.25) is 18.1 Å². The third-order valence-corrected chi connectivity index (χ3v) is 16.0. The predicted octanol–water partition coefficient (Wildman–Crippen LogP) is 9.29. The minimum atomic E-state index is -1.79. The van der Waals surface area contributed by atoms with Crippen molar-refractivity contribution in [2.45, 2.75) is 141 Å². The lowest BCUT2D eigenvalue weighted by molar-refractivity contribution is -0.104. The van der Waals surface area contributed by atoms with Crippen LogP contribution in [0.3, 0.4) is 0 Å². The van der Waals surface area contributed by atoms with Crippen molar-refractivity contribution in [3.05, 3.63) is 72.4 Å². The fourth-order valence-corrected chi connectivity index (χ4v) is 8.41. The molecule has 0 radical (unpaired) electrons. The standard InChI is InChI=1S/C40H62O5Si/c1-27(26-42-46(9,10)40(6,7)8)21-37-31(5)35(24-32-15-12-11-13-16-32)39(45-37)25-38-30(4)28(2)22-34(44-38)18-19-36-29(3)23-33(43-36)17-14-20-41/h11-17,20,27-28,31,33-39H,3-4,18-19,21-26H2,1-2,5-10H3/b17-14+/t27-,28+,31+,33-,34-,35?,36?,37+,38?,39-/m0/s1. The monoisotopic (exact) mass is 650 g/mol. The Hall–Kier alpha value is -1.83. The Bertz CT molecular complexity index is 1190. The molecule has 0 saturated carbocycles. The summed E-state index contributed by atoms with van der Waals surface area (Å²) in [5, 5.41) is 0.210. The molecule has 0 aliphatic carbocycles. The first kappa shape index (κ1) is 37.0. The molecule has 256 valence electrons. The fourth-order valence-electron chi connectivity index (χ4n) is 7.28. The van der Waals surface area contributed by atoms with Crippen molar-refractivity contribution in [2.24, 2.45) is 23.7 Å². The molecule has 3 fully saturated rings. The highest BCUT2D eigenvalue weighted by molar-refractivity contribution is 6.74. The van der Waals surface area contributed by atoms with Crippen LogP contribution in [0.4, 0.5) is 0 Å². The number of rotatable bonds is 14. The van der Waals surface area contributed by atoms with E-state index in [1.807, 2.05) is 6.08 Å². The van der Waals surface area contributed by atoms with Gasteiger partial charge in [-0.15, -0.1) is 0 Å². The van der Waals surface area contributed by atoms with E-state index in [9.17, 15) is 4.79 Å². The average molecular weight is 651 g/mol. The van der Waals surface area contributed by atoms with Crippen LogP contribution in [0, 0.1) is 23.7 Å². The molecule has 3 aliphatic rings. The van der Waals surface area contributed by atoms with Crippen molar-refractivity contribution >= 4 is 14.6 Å². The number of ether oxygens (including phenoxy) is 3. The fraction of sp³-hybridized carbons (Fsp3) is 0.675. The topological polar surface area (TPSA) is 54.0 Å². The first-order valence-corrected chi connectivity index (χ1v) is 20.7. The summed E-state index contributed by atoms with van der Waals surface area (Å²) in [6.45, 7) is 28.2. The number of hydrogen-bond acceptors (Lipinski definition) is 5. The lowest BCUT2D eigenvalue weighted by Gasteiger charge is -2.38. The van der Waals surface area contributed by atoms with E-state index in [1.165, 1.54) is 17.2 Å². The van der Waals surface area contributed by atoms with E-state index < -0.39 is 8.32 Å². The molecule has 0 bridgehead atoms. The Morgan fingerprint density at radius 3 is 2.41 bits per heavy atom. The molecule has 0 amide bonds. The normalized spacial score (nSPS) is 33.2. The summed E-state index contributed by atoms with van der Waals surface area (Å²) in [6.07, 6.45) is 11.0. The zero-order valence-corrected chi connectivity index (χ0v) is 31.0. The maximum Gasteiger partial charge on any atom is 0.191 e. The van der Waals surface area contributed by atoms with Gasteiger partial charge in [0.25, 0.3) is 0 Å². The van der Waals surface area contributed by atoms with Gasteiger partial charge in [0.1, 0.15) is 6.29 Å². The number of benzene rings is 1. The third-order valence-electron chi connectivity index (χ3n) is 11.5. The summed E-state index contributed by atoms with van der Waals surface area (Å²) in [6, 6.07) is 10.9. The third kappa shape index (κ3) is 9.62. The van der Waals surface area contributed by atoms with Gasteiger partial charge in [0.05, 0.1) is 36.6 Å². The van der Waals surface area contributed by atoms with Crippen molar-refractivity contribution in [1.29, 1.82) is 0 Å². The number of carbonyl (C=O) groups is 1. The minimum absolute atomic E-state index is 0.0152. The summed E-state index contributed by atoms with van der Waals surface area (Å²) in [7, 11) is -1.79. The zero-order chi connectivity index (χ0) is 33.6. The second kappa shape index (κ2) is 16.0. The van der Waals surface area contributed by atoms with Gasteiger partial charge in [0, 0.05) is 19.4 Å². The molecule has 0 N–H and O–H groups in total. The summed E-state index contributed by atoms with van der Waals surface area (Å²) < 4.78 is 26.7. The number of hydrogen-bond donors (Lipinski definition) is 0. The molecule has 5 nitrogen and oxygen atoms in total. The minimum Gasteiger partial charge on any atom is -0.417 e. The van der Waals surface area contributed by atoms with Crippen LogP contribution in [0.5, 0.6) is 0 Å². The van der Waals surface area contributed by atoms with E-state index in [2.05, 4.69) is 98.1 Å². The summed E-state index contributed by atoms with van der Waals surface area (Å²) in [5.41, 5.74) is 3.68. The molecule has 3 saturated heterocycles. The van der Waals surface area contributed by atoms with Gasteiger partial charge in [0.2, 0.25) is 0 Å².